The lowest BCUT2D eigenvalue weighted by atomic mass is 10.1. The van der Waals surface area contributed by atoms with Gasteiger partial charge < -0.3 is 4.52 Å². The normalized spacial score (nSPS) is 10.5. The molecule has 134 valence electrons. The second kappa shape index (κ2) is 7.55. The molecule has 0 aliphatic rings. The van der Waals surface area contributed by atoms with Crippen LogP contribution in [0.2, 0.25) is 0 Å². The number of nitrogens with zero attached hydrogens (tertiary/aromatic N) is 5. The molecule has 0 radical (unpaired) electrons. The molecule has 1 aromatic carbocycles. The van der Waals surface area contributed by atoms with Gasteiger partial charge in [-0.15, -0.1) is 10.2 Å². The Balaban J connectivity index is 1.57. The number of carbonyl (C=O) groups is 2. The van der Waals surface area contributed by atoms with Crippen LogP contribution in [0, 0.1) is 6.92 Å². The number of rotatable bonds is 5. The van der Waals surface area contributed by atoms with Crippen molar-refractivity contribution < 1.29 is 14.1 Å². The largest absolute Gasteiger partial charge is 0.361 e. The van der Waals surface area contributed by atoms with Crippen LogP contribution in [0.25, 0.3) is 11.4 Å². The molecule has 3 aromatic rings. The SMILES string of the molecule is CCc1noc(C)c1C(=O)NNC(=O)Cn1nnc(-c2ccccc2)n1. The van der Waals surface area contributed by atoms with Gasteiger partial charge in [-0.1, -0.05) is 42.4 Å². The third-order valence-corrected chi connectivity index (χ3v) is 3.58. The number of hydrazine groups is 1. The Hall–Kier alpha value is -3.56. The van der Waals surface area contributed by atoms with Crippen molar-refractivity contribution in [1.82, 2.24) is 36.2 Å². The van der Waals surface area contributed by atoms with Crippen LogP contribution in [0.5, 0.6) is 0 Å². The third kappa shape index (κ3) is 3.74. The van der Waals surface area contributed by atoms with E-state index in [1.54, 1.807) is 6.92 Å². The van der Waals surface area contributed by atoms with E-state index in [2.05, 4.69) is 31.4 Å². The van der Waals surface area contributed by atoms with Crippen molar-refractivity contribution in [3.8, 4) is 11.4 Å². The Labute approximate surface area is 148 Å². The van der Waals surface area contributed by atoms with Crippen molar-refractivity contribution in [2.24, 2.45) is 0 Å². The number of aryl methyl sites for hydroxylation is 2. The Kier molecular flexibility index (Phi) is 5.02. The minimum Gasteiger partial charge on any atom is -0.361 e. The standard InChI is InChI=1S/C16H17N7O3/c1-3-12-14(10(2)26-21-12)16(25)19-17-13(24)9-23-20-15(18-22-23)11-7-5-4-6-8-11/h4-8H,3,9H2,1-2H3,(H,17,24)(H,19,25). The second-order valence-corrected chi connectivity index (χ2v) is 5.43. The van der Waals surface area contributed by atoms with Crippen LogP contribution in [-0.2, 0) is 17.8 Å². The van der Waals surface area contributed by atoms with E-state index >= 15 is 0 Å². The van der Waals surface area contributed by atoms with Crippen LogP contribution in [0.15, 0.2) is 34.9 Å². The number of hydrogen-bond donors (Lipinski definition) is 2. The summed E-state index contributed by atoms with van der Waals surface area (Å²) < 4.78 is 5.00. The lowest BCUT2D eigenvalue weighted by molar-refractivity contribution is -0.122. The molecule has 10 nitrogen and oxygen atoms in total. The van der Waals surface area contributed by atoms with Crippen LogP contribution >= 0.6 is 0 Å². The zero-order valence-electron chi connectivity index (χ0n) is 14.3. The van der Waals surface area contributed by atoms with Gasteiger partial charge in [0.1, 0.15) is 17.9 Å². The lowest BCUT2D eigenvalue weighted by Gasteiger charge is -2.06. The molecule has 0 fully saturated rings. The van der Waals surface area contributed by atoms with E-state index in [1.807, 2.05) is 37.3 Å². The first-order valence-corrected chi connectivity index (χ1v) is 7.96. The van der Waals surface area contributed by atoms with Crippen molar-refractivity contribution >= 4 is 11.8 Å². The van der Waals surface area contributed by atoms with Crippen LogP contribution in [0.1, 0.15) is 28.7 Å². The molecule has 3 rings (SSSR count). The molecular formula is C16H17N7O3. The van der Waals surface area contributed by atoms with Gasteiger partial charge in [-0.3, -0.25) is 20.4 Å². The summed E-state index contributed by atoms with van der Waals surface area (Å²) in [4.78, 5) is 25.3. The molecule has 2 aromatic heterocycles. The number of hydrogen-bond acceptors (Lipinski definition) is 7. The van der Waals surface area contributed by atoms with Crippen LogP contribution < -0.4 is 10.9 Å². The maximum atomic E-state index is 12.2. The smallest absolute Gasteiger partial charge is 0.275 e. The summed E-state index contributed by atoms with van der Waals surface area (Å²) in [6, 6.07) is 9.28. The number of carbonyl (C=O) groups excluding carboxylic acids is 2. The molecular weight excluding hydrogens is 338 g/mol. The van der Waals surface area contributed by atoms with Crippen molar-refractivity contribution in [1.29, 1.82) is 0 Å². The molecule has 0 aliphatic carbocycles. The first-order chi connectivity index (χ1) is 12.6. The van der Waals surface area contributed by atoms with E-state index < -0.39 is 11.8 Å². The topological polar surface area (TPSA) is 128 Å². The van der Waals surface area contributed by atoms with E-state index in [0.717, 1.165) is 10.4 Å². The third-order valence-electron chi connectivity index (χ3n) is 3.58. The van der Waals surface area contributed by atoms with Gasteiger partial charge in [-0.2, -0.15) is 4.80 Å². The monoisotopic (exact) mass is 355 g/mol. The van der Waals surface area contributed by atoms with Crippen molar-refractivity contribution in [2.45, 2.75) is 26.8 Å². The number of tetrazole rings is 1. The van der Waals surface area contributed by atoms with Gasteiger partial charge in [-0.25, -0.2) is 0 Å². The Morgan fingerprint density at radius 1 is 1.19 bits per heavy atom. The second-order valence-electron chi connectivity index (χ2n) is 5.43. The van der Waals surface area contributed by atoms with Crippen LogP contribution in [-0.4, -0.2) is 37.2 Å². The summed E-state index contributed by atoms with van der Waals surface area (Å²) >= 11 is 0. The summed E-state index contributed by atoms with van der Waals surface area (Å²) in [5.74, 6) is -0.192. The van der Waals surface area contributed by atoms with Crippen molar-refractivity contribution in [3.63, 3.8) is 0 Å². The van der Waals surface area contributed by atoms with E-state index in [-0.39, 0.29) is 6.54 Å². The molecule has 0 aliphatic heterocycles. The zero-order valence-corrected chi connectivity index (χ0v) is 14.3. The highest BCUT2D eigenvalue weighted by Gasteiger charge is 2.19. The first-order valence-electron chi connectivity index (χ1n) is 7.96. The van der Waals surface area contributed by atoms with Crippen molar-refractivity contribution in [2.75, 3.05) is 0 Å². The molecule has 0 saturated heterocycles. The number of amides is 2. The Bertz CT molecular complexity index is 917. The van der Waals surface area contributed by atoms with E-state index in [4.69, 9.17) is 4.52 Å². The summed E-state index contributed by atoms with van der Waals surface area (Å²) in [6.45, 7) is 3.30. The highest BCUT2D eigenvalue weighted by molar-refractivity contribution is 5.97. The van der Waals surface area contributed by atoms with Crippen LogP contribution in [0.3, 0.4) is 0 Å². The van der Waals surface area contributed by atoms with Gasteiger partial charge >= 0.3 is 0 Å². The highest BCUT2D eigenvalue weighted by Crippen LogP contribution is 2.13. The molecule has 0 saturated carbocycles. The molecule has 26 heavy (non-hydrogen) atoms. The molecule has 0 unspecified atom stereocenters. The van der Waals surface area contributed by atoms with Gasteiger partial charge in [0.25, 0.3) is 11.8 Å². The predicted octanol–water partition coefficient (Wildman–Crippen LogP) is 0.660. The zero-order chi connectivity index (χ0) is 18.5. The number of benzene rings is 1. The number of aromatic nitrogens is 5. The number of nitrogens with one attached hydrogen (secondary N) is 2. The molecule has 2 heterocycles. The highest BCUT2D eigenvalue weighted by atomic mass is 16.5. The quantitative estimate of drug-likeness (QED) is 0.643. The summed E-state index contributed by atoms with van der Waals surface area (Å²) in [6.07, 6.45) is 0.541. The van der Waals surface area contributed by atoms with Gasteiger partial charge in [0, 0.05) is 5.56 Å². The molecule has 0 bridgehead atoms. The fraction of sp³-hybridized carbons (Fsp3) is 0.250. The van der Waals surface area contributed by atoms with Gasteiger partial charge in [0.2, 0.25) is 5.82 Å². The minimum atomic E-state index is -0.498. The fourth-order valence-corrected chi connectivity index (χ4v) is 2.32. The maximum Gasteiger partial charge on any atom is 0.275 e. The summed E-state index contributed by atoms with van der Waals surface area (Å²) in [5, 5.41) is 15.7. The van der Waals surface area contributed by atoms with Crippen molar-refractivity contribution in [3.05, 3.63) is 47.3 Å². The minimum absolute atomic E-state index is 0.191. The maximum absolute atomic E-state index is 12.2. The molecule has 0 atom stereocenters. The molecule has 2 amide bonds. The summed E-state index contributed by atoms with van der Waals surface area (Å²) in [7, 11) is 0. The summed E-state index contributed by atoms with van der Waals surface area (Å²) in [5.41, 5.74) is 6.28. The van der Waals surface area contributed by atoms with Crippen LogP contribution in [0.4, 0.5) is 0 Å². The molecule has 2 N–H and O–H groups in total. The first kappa shape index (κ1) is 17.3. The fourth-order valence-electron chi connectivity index (χ4n) is 2.32. The predicted molar refractivity (Wildman–Crippen MR) is 89.5 cm³/mol. The van der Waals surface area contributed by atoms with Gasteiger partial charge in [0.05, 0.1) is 5.69 Å². The average molecular weight is 355 g/mol. The molecule has 10 heteroatoms. The lowest BCUT2D eigenvalue weighted by Crippen LogP contribution is -2.43. The van der Waals surface area contributed by atoms with E-state index in [0.29, 0.717) is 29.3 Å². The Morgan fingerprint density at radius 2 is 1.96 bits per heavy atom. The Morgan fingerprint density at radius 3 is 2.69 bits per heavy atom. The van der Waals surface area contributed by atoms with Gasteiger partial charge in [0.15, 0.2) is 0 Å². The molecule has 0 spiro atoms. The average Bonchev–Trinajstić information content (AvgIpc) is 3.27. The van der Waals surface area contributed by atoms with E-state index in [9.17, 15) is 9.59 Å². The van der Waals surface area contributed by atoms with Gasteiger partial charge in [-0.05, 0) is 18.6 Å². The van der Waals surface area contributed by atoms with E-state index in [1.165, 1.54) is 0 Å².